The van der Waals surface area contributed by atoms with Gasteiger partial charge in [-0.2, -0.15) is 0 Å². The van der Waals surface area contributed by atoms with Crippen molar-refractivity contribution < 1.29 is 4.74 Å². The molecule has 0 saturated heterocycles. The Morgan fingerprint density at radius 1 is 0.688 bits per heavy atom. The van der Waals surface area contributed by atoms with Gasteiger partial charge in [0, 0.05) is 12.8 Å². The molecule has 3 nitrogen and oxygen atoms in total. The standard InChI is InChI=1S/C29H28N2O/c1-32-28-19-17-24(18-20-28)23-30-21-22-31-29(25-11-5-2-6-12-25,26-13-7-3-8-14-26)27-15-9-4-10-16-27/h2-20,23,31H,21-22H2,1H3. The van der Waals surface area contributed by atoms with E-state index in [-0.39, 0.29) is 0 Å². The molecule has 0 amide bonds. The van der Waals surface area contributed by atoms with Crippen LogP contribution in [0.4, 0.5) is 0 Å². The number of ether oxygens (including phenoxy) is 1. The predicted molar refractivity (Wildman–Crippen MR) is 133 cm³/mol. The van der Waals surface area contributed by atoms with E-state index in [0.717, 1.165) is 17.9 Å². The first-order valence-electron chi connectivity index (χ1n) is 10.9. The number of hydrogen-bond donors (Lipinski definition) is 1. The largest absolute Gasteiger partial charge is 0.497 e. The zero-order valence-corrected chi connectivity index (χ0v) is 18.3. The van der Waals surface area contributed by atoms with Crippen LogP contribution in [0, 0.1) is 0 Å². The van der Waals surface area contributed by atoms with Crippen molar-refractivity contribution in [3.8, 4) is 5.75 Å². The van der Waals surface area contributed by atoms with Gasteiger partial charge in [0.05, 0.1) is 19.2 Å². The molecule has 32 heavy (non-hydrogen) atoms. The van der Waals surface area contributed by atoms with Gasteiger partial charge >= 0.3 is 0 Å². The second kappa shape index (κ2) is 10.6. The fourth-order valence-electron chi connectivity index (χ4n) is 4.04. The quantitative estimate of drug-likeness (QED) is 0.214. The maximum absolute atomic E-state index is 5.22. The summed E-state index contributed by atoms with van der Waals surface area (Å²) in [5, 5.41) is 3.85. The van der Waals surface area contributed by atoms with Crippen LogP contribution in [0.2, 0.25) is 0 Å². The minimum atomic E-state index is -0.459. The van der Waals surface area contributed by atoms with E-state index in [1.54, 1.807) is 7.11 Å². The molecule has 0 aliphatic rings. The molecule has 0 aromatic heterocycles. The Hall–Kier alpha value is -3.69. The Morgan fingerprint density at radius 2 is 1.16 bits per heavy atom. The van der Waals surface area contributed by atoms with E-state index < -0.39 is 5.54 Å². The molecule has 0 spiro atoms. The number of benzene rings is 4. The van der Waals surface area contributed by atoms with Crippen LogP contribution < -0.4 is 10.1 Å². The monoisotopic (exact) mass is 420 g/mol. The second-order valence-corrected chi connectivity index (χ2v) is 7.58. The predicted octanol–water partition coefficient (Wildman–Crippen LogP) is 5.70. The lowest BCUT2D eigenvalue weighted by molar-refractivity contribution is 0.415. The minimum absolute atomic E-state index is 0.459. The SMILES string of the molecule is COc1ccc(C=NCCNC(c2ccccc2)(c2ccccc2)c2ccccc2)cc1. The van der Waals surface area contributed by atoms with Crippen molar-refractivity contribution in [2.24, 2.45) is 4.99 Å². The highest BCUT2D eigenvalue weighted by Crippen LogP contribution is 2.36. The first-order valence-corrected chi connectivity index (χ1v) is 10.9. The third kappa shape index (κ3) is 4.79. The summed E-state index contributed by atoms with van der Waals surface area (Å²) in [5.41, 5.74) is 4.22. The summed E-state index contributed by atoms with van der Waals surface area (Å²) in [7, 11) is 1.67. The van der Waals surface area contributed by atoms with Gasteiger partial charge in [-0.25, -0.2) is 0 Å². The van der Waals surface area contributed by atoms with Crippen molar-refractivity contribution in [1.82, 2.24) is 5.32 Å². The van der Waals surface area contributed by atoms with Crippen molar-refractivity contribution in [1.29, 1.82) is 0 Å². The zero-order valence-electron chi connectivity index (χ0n) is 18.3. The lowest BCUT2D eigenvalue weighted by atomic mass is 9.77. The summed E-state index contributed by atoms with van der Waals surface area (Å²) in [6, 6.07) is 39.8. The van der Waals surface area contributed by atoms with Gasteiger partial charge in [0.25, 0.3) is 0 Å². The van der Waals surface area contributed by atoms with E-state index >= 15 is 0 Å². The highest BCUT2D eigenvalue weighted by molar-refractivity contribution is 5.79. The van der Waals surface area contributed by atoms with Crippen molar-refractivity contribution in [2.45, 2.75) is 5.54 Å². The van der Waals surface area contributed by atoms with Crippen molar-refractivity contribution in [2.75, 3.05) is 20.2 Å². The molecule has 4 aromatic carbocycles. The van der Waals surface area contributed by atoms with Gasteiger partial charge in [0.2, 0.25) is 0 Å². The normalized spacial score (nSPS) is 11.5. The van der Waals surface area contributed by atoms with Gasteiger partial charge in [-0.15, -0.1) is 0 Å². The van der Waals surface area contributed by atoms with Crippen LogP contribution >= 0.6 is 0 Å². The third-order valence-electron chi connectivity index (χ3n) is 5.61. The van der Waals surface area contributed by atoms with Crippen LogP contribution in [0.1, 0.15) is 22.3 Å². The van der Waals surface area contributed by atoms with Gasteiger partial charge in [-0.1, -0.05) is 91.0 Å². The topological polar surface area (TPSA) is 33.6 Å². The van der Waals surface area contributed by atoms with Crippen molar-refractivity contribution in [3.05, 3.63) is 138 Å². The molecule has 0 aliphatic heterocycles. The molecule has 4 rings (SSSR count). The lowest BCUT2D eigenvalue weighted by Crippen LogP contribution is -2.45. The van der Waals surface area contributed by atoms with E-state index in [2.05, 4.69) is 101 Å². The maximum Gasteiger partial charge on any atom is 0.118 e. The van der Waals surface area contributed by atoms with Crippen molar-refractivity contribution >= 4 is 6.21 Å². The average Bonchev–Trinajstić information content (AvgIpc) is 2.88. The molecule has 0 bridgehead atoms. The van der Waals surface area contributed by atoms with Crippen LogP contribution in [0.25, 0.3) is 0 Å². The molecule has 0 fully saturated rings. The van der Waals surface area contributed by atoms with Gasteiger partial charge in [0.1, 0.15) is 5.75 Å². The Morgan fingerprint density at radius 3 is 1.59 bits per heavy atom. The summed E-state index contributed by atoms with van der Waals surface area (Å²) in [6.45, 7) is 1.39. The summed E-state index contributed by atoms with van der Waals surface area (Å²) in [5.74, 6) is 0.849. The molecule has 3 heteroatoms. The maximum atomic E-state index is 5.22. The summed E-state index contributed by atoms with van der Waals surface area (Å²) >= 11 is 0. The lowest BCUT2D eigenvalue weighted by Gasteiger charge is -2.37. The third-order valence-corrected chi connectivity index (χ3v) is 5.61. The van der Waals surface area contributed by atoms with Crippen LogP contribution in [0.5, 0.6) is 5.75 Å². The number of methoxy groups -OCH3 is 1. The number of nitrogens with one attached hydrogen (secondary N) is 1. The van der Waals surface area contributed by atoms with E-state index in [1.807, 2.05) is 30.5 Å². The number of hydrogen-bond acceptors (Lipinski definition) is 3. The molecule has 0 atom stereocenters. The van der Waals surface area contributed by atoms with E-state index in [0.29, 0.717) is 6.54 Å². The second-order valence-electron chi connectivity index (χ2n) is 7.58. The summed E-state index contributed by atoms with van der Waals surface area (Å²) in [4.78, 5) is 4.65. The van der Waals surface area contributed by atoms with Crippen molar-refractivity contribution in [3.63, 3.8) is 0 Å². The fraction of sp³-hybridized carbons (Fsp3) is 0.138. The smallest absolute Gasteiger partial charge is 0.118 e. The van der Waals surface area contributed by atoms with Gasteiger partial charge in [-0.05, 0) is 46.5 Å². The van der Waals surface area contributed by atoms with Gasteiger partial charge in [-0.3, -0.25) is 10.3 Å². The molecule has 0 heterocycles. The number of nitrogens with zero attached hydrogens (tertiary/aromatic N) is 1. The minimum Gasteiger partial charge on any atom is -0.497 e. The van der Waals surface area contributed by atoms with E-state index in [4.69, 9.17) is 4.74 Å². The highest BCUT2D eigenvalue weighted by Gasteiger charge is 2.35. The summed E-state index contributed by atoms with van der Waals surface area (Å²) < 4.78 is 5.22. The molecule has 4 aromatic rings. The number of rotatable bonds is 9. The Balaban J connectivity index is 1.61. The zero-order chi connectivity index (χ0) is 22.1. The van der Waals surface area contributed by atoms with Crippen LogP contribution in [-0.4, -0.2) is 26.4 Å². The first kappa shape index (κ1) is 21.5. The van der Waals surface area contributed by atoms with E-state index in [1.165, 1.54) is 16.7 Å². The molecule has 0 aliphatic carbocycles. The van der Waals surface area contributed by atoms with Gasteiger partial charge < -0.3 is 4.74 Å². The molecule has 0 unspecified atom stereocenters. The Labute approximate surface area is 190 Å². The fourth-order valence-corrected chi connectivity index (χ4v) is 4.04. The van der Waals surface area contributed by atoms with Crippen LogP contribution in [0.3, 0.4) is 0 Å². The molecule has 160 valence electrons. The average molecular weight is 421 g/mol. The number of aliphatic imine (C=N–C) groups is 1. The molecule has 1 N–H and O–H groups in total. The molecular formula is C29H28N2O. The van der Waals surface area contributed by atoms with Crippen LogP contribution in [-0.2, 0) is 5.54 Å². The summed E-state index contributed by atoms with van der Waals surface area (Å²) in [6.07, 6.45) is 1.91. The molecule has 0 saturated carbocycles. The Bertz CT molecular complexity index is 1010. The molecular weight excluding hydrogens is 392 g/mol. The Kier molecular flexibility index (Phi) is 7.11. The highest BCUT2D eigenvalue weighted by atomic mass is 16.5. The van der Waals surface area contributed by atoms with Crippen LogP contribution in [0.15, 0.2) is 120 Å². The molecule has 0 radical (unpaired) electrons. The van der Waals surface area contributed by atoms with Gasteiger partial charge in [0.15, 0.2) is 0 Å². The first-order chi connectivity index (χ1) is 15.8. The van der Waals surface area contributed by atoms with E-state index in [9.17, 15) is 0 Å².